The number of hydrogen-bond acceptors (Lipinski definition) is 7. The van der Waals surface area contributed by atoms with E-state index in [9.17, 15) is 9.18 Å². The van der Waals surface area contributed by atoms with Crippen molar-refractivity contribution < 1.29 is 13.9 Å². The number of benzene rings is 1. The molecule has 10 nitrogen and oxygen atoms in total. The Kier molecular flexibility index (Phi) is 8.33. The summed E-state index contributed by atoms with van der Waals surface area (Å²) in [4.78, 5) is 27.3. The summed E-state index contributed by atoms with van der Waals surface area (Å²) in [5.74, 6) is 0.114. The van der Waals surface area contributed by atoms with Gasteiger partial charge in [-0.3, -0.25) is 23.8 Å². The number of aryl methyl sites for hydroxylation is 1. The van der Waals surface area contributed by atoms with Crippen molar-refractivity contribution in [3.8, 4) is 5.75 Å². The number of anilines is 1. The van der Waals surface area contributed by atoms with E-state index in [2.05, 4.69) is 39.1 Å². The lowest BCUT2D eigenvalue weighted by molar-refractivity contribution is 0.0928. The molecule has 6 rings (SSSR count). The van der Waals surface area contributed by atoms with Crippen LogP contribution in [-0.2, 0) is 6.54 Å². The lowest BCUT2D eigenvalue weighted by Gasteiger charge is -2.37. The molecule has 11 heteroatoms. The van der Waals surface area contributed by atoms with Crippen LogP contribution in [0, 0.1) is 12.7 Å². The van der Waals surface area contributed by atoms with Crippen molar-refractivity contribution in [2.75, 3.05) is 45.2 Å². The van der Waals surface area contributed by atoms with Crippen LogP contribution in [0.5, 0.6) is 5.75 Å². The SMILES string of the molecule is Cc1nn(Cc2ccc(F)c(C(C)C)n2)c2cccc(NC(=O)c3cnc4cc(OCCN5CCN(C)[C@@H](C)C5)ccn34)c12. The Morgan fingerprint density at radius 2 is 2.02 bits per heavy atom. The molecule has 0 aliphatic carbocycles. The number of rotatable bonds is 9. The fourth-order valence-corrected chi connectivity index (χ4v) is 5.82. The lowest BCUT2D eigenvalue weighted by Crippen LogP contribution is -2.50. The summed E-state index contributed by atoms with van der Waals surface area (Å²) in [6, 6.07) is 13.1. The van der Waals surface area contributed by atoms with Crippen LogP contribution < -0.4 is 10.1 Å². The number of ether oxygens (including phenoxy) is 1. The van der Waals surface area contributed by atoms with Gasteiger partial charge < -0.3 is 15.0 Å². The van der Waals surface area contributed by atoms with Gasteiger partial charge in [-0.25, -0.2) is 9.37 Å². The number of hydrogen-bond donors (Lipinski definition) is 1. The van der Waals surface area contributed by atoms with Crippen LogP contribution in [0.25, 0.3) is 16.6 Å². The summed E-state index contributed by atoms with van der Waals surface area (Å²) in [5.41, 5.74) is 4.48. The summed E-state index contributed by atoms with van der Waals surface area (Å²) in [6.07, 6.45) is 3.39. The maximum absolute atomic E-state index is 14.2. The zero-order chi connectivity index (χ0) is 31.0. The first-order valence-corrected chi connectivity index (χ1v) is 15.1. The average Bonchev–Trinajstić information content (AvgIpc) is 3.56. The molecule has 44 heavy (non-hydrogen) atoms. The first-order chi connectivity index (χ1) is 21.2. The predicted octanol–water partition coefficient (Wildman–Crippen LogP) is 4.97. The van der Waals surface area contributed by atoms with Crippen LogP contribution in [0.2, 0.25) is 0 Å². The molecule has 1 aliphatic rings. The molecule has 4 aromatic heterocycles. The van der Waals surface area contributed by atoms with Gasteiger partial charge in [0.05, 0.1) is 41.0 Å². The van der Waals surface area contributed by atoms with Crippen molar-refractivity contribution >= 4 is 28.1 Å². The highest BCUT2D eigenvalue weighted by molar-refractivity contribution is 6.08. The van der Waals surface area contributed by atoms with E-state index in [-0.39, 0.29) is 17.6 Å². The molecule has 0 unspecified atom stereocenters. The Balaban J connectivity index is 1.15. The van der Waals surface area contributed by atoms with Crippen LogP contribution in [0.4, 0.5) is 10.1 Å². The summed E-state index contributed by atoms with van der Waals surface area (Å²) < 4.78 is 23.8. The molecular weight excluding hydrogens is 559 g/mol. The van der Waals surface area contributed by atoms with Gasteiger partial charge in [0, 0.05) is 49.9 Å². The molecule has 1 amide bonds. The zero-order valence-corrected chi connectivity index (χ0v) is 25.9. The van der Waals surface area contributed by atoms with Gasteiger partial charge in [0.15, 0.2) is 0 Å². The Morgan fingerprint density at radius 1 is 1.18 bits per heavy atom. The van der Waals surface area contributed by atoms with Gasteiger partial charge in [-0.2, -0.15) is 5.10 Å². The molecule has 230 valence electrons. The fraction of sp³-hybridized carbons (Fsp3) is 0.394. The first-order valence-electron chi connectivity index (χ1n) is 15.1. The van der Waals surface area contributed by atoms with Crippen molar-refractivity contribution in [3.05, 3.63) is 83.5 Å². The third-order valence-corrected chi connectivity index (χ3v) is 8.43. The molecule has 1 atom stereocenters. The average molecular weight is 599 g/mol. The summed E-state index contributed by atoms with van der Waals surface area (Å²) >= 11 is 0. The van der Waals surface area contributed by atoms with Crippen LogP contribution in [-0.4, -0.2) is 85.7 Å². The second-order valence-electron chi connectivity index (χ2n) is 11.9. The normalized spacial score (nSPS) is 16.3. The Hall–Kier alpha value is -4.35. The van der Waals surface area contributed by atoms with Crippen molar-refractivity contribution in [2.45, 2.75) is 46.2 Å². The van der Waals surface area contributed by atoms with E-state index in [1.807, 2.05) is 62.0 Å². The van der Waals surface area contributed by atoms with Crippen molar-refractivity contribution in [1.82, 2.24) is 33.9 Å². The molecule has 1 fully saturated rings. The predicted molar refractivity (Wildman–Crippen MR) is 169 cm³/mol. The van der Waals surface area contributed by atoms with Gasteiger partial charge in [0.25, 0.3) is 5.91 Å². The number of aromatic nitrogens is 5. The zero-order valence-electron chi connectivity index (χ0n) is 25.9. The number of pyridine rings is 2. The summed E-state index contributed by atoms with van der Waals surface area (Å²) in [7, 11) is 2.17. The largest absolute Gasteiger partial charge is 0.492 e. The monoisotopic (exact) mass is 598 g/mol. The third-order valence-electron chi connectivity index (χ3n) is 8.43. The molecule has 0 spiro atoms. The van der Waals surface area contributed by atoms with Gasteiger partial charge in [-0.05, 0) is 57.1 Å². The second-order valence-corrected chi connectivity index (χ2v) is 11.9. The van der Waals surface area contributed by atoms with E-state index < -0.39 is 0 Å². The number of halogens is 1. The molecule has 5 aromatic rings. The third kappa shape index (κ3) is 6.02. The molecule has 0 saturated carbocycles. The Bertz CT molecular complexity index is 1810. The number of fused-ring (bicyclic) bond motifs is 2. The minimum absolute atomic E-state index is 0.0252. The van der Waals surface area contributed by atoms with E-state index in [0.29, 0.717) is 41.9 Å². The standard InChI is InChI=1S/C33H39FN8O2/c1-21(2)32-26(34)10-9-24(36-32)20-42-28-8-6-7-27(31(28)23(4)38-42)37-33(43)29-18-35-30-17-25(11-12-41(29)30)44-16-15-40-14-13-39(5)22(3)19-40/h6-12,17-18,21-22H,13-16,19-20H2,1-5H3,(H,37,43)/t22-/m0/s1. The van der Waals surface area contributed by atoms with E-state index in [1.54, 1.807) is 16.7 Å². The van der Waals surface area contributed by atoms with Gasteiger partial charge in [-0.1, -0.05) is 19.9 Å². The molecule has 1 aromatic carbocycles. The summed E-state index contributed by atoms with van der Waals surface area (Å²) in [5, 5.41) is 8.63. The highest BCUT2D eigenvalue weighted by Gasteiger charge is 2.21. The molecular formula is C33H39FN8O2. The van der Waals surface area contributed by atoms with Crippen LogP contribution in [0.15, 0.2) is 54.9 Å². The van der Waals surface area contributed by atoms with E-state index in [0.717, 1.165) is 54.2 Å². The minimum atomic E-state index is -0.303. The number of piperazine rings is 1. The highest BCUT2D eigenvalue weighted by Crippen LogP contribution is 2.28. The van der Waals surface area contributed by atoms with Gasteiger partial charge in [0.1, 0.15) is 29.5 Å². The molecule has 1 saturated heterocycles. The Labute approximate surface area is 256 Å². The van der Waals surface area contributed by atoms with Gasteiger partial charge in [0.2, 0.25) is 0 Å². The number of amides is 1. The quantitative estimate of drug-likeness (QED) is 0.256. The second kappa shape index (κ2) is 12.3. The van der Waals surface area contributed by atoms with Crippen LogP contribution in [0.1, 0.15) is 54.3 Å². The maximum Gasteiger partial charge on any atom is 0.274 e. The Morgan fingerprint density at radius 3 is 2.82 bits per heavy atom. The van der Waals surface area contributed by atoms with Crippen molar-refractivity contribution in [3.63, 3.8) is 0 Å². The molecule has 5 heterocycles. The molecule has 1 aliphatic heterocycles. The fourth-order valence-electron chi connectivity index (χ4n) is 5.82. The van der Waals surface area contributed by atoms with E-state index in [1.165, 1.54) is 6.07 Å². The maximum atomic E-state index is 14.2. The van der Waals surface area contributed by atoms with Crippen molar-refractivity contribution in [2.24, 2.45) is 0 Å². The van der Waals surface area contributed by atoms with Crippen LogP contribution in [0.3, 0.4) is 0 Å². The summed E-state index contributed by atoms with van der Waals surface area (Å²) in [6.45, 7) is 13.0. The lowest BCUT2D eigenvalue weighted by atomic mass is 10.1. The van der Waals surface area contributed by atoms with E-state index >= 15 is 0 Å². The molecule has 0 bridgehead atoms. The first kappa shape index (κ1) is 29.7. The smallest absolute Gasteiger partial charge is 0.274 e. The van der Waals surface area contributed by atoms with Crippen molar-refractivity contribution in [1.29, 1.82) is 0 Å². The van der Waals surface area contributed by atoms with Gasteiger partial charge >= 0.3 is 0 Å². The van der Waals surface area contributed by atoms with Crippen LogP contribution >= 0.6 is 0 Å². The number of carbonyl (C=O) groups excluding carboxylic acids is 1. The van der Waals surface area contributed by atoms with E-state index in [4.69, 9.17) is 9.84 Å². The minimum Gasteiger partial charge on any atom is -0.492 e. The number of nitrogens with one attached hydrogen (secondary N) is 1. The topological polar surface area (TPSA) is 92.8 Å². The molecule has 0 radical (unpaired) electrons. The number of imidazole rings is 1. The molecule has 1 N–H and O–H groups in total. The number of likely N-dealkylation sites (N-methyl/N-ethyl adjacent to an activating group) is 1. The number of carbonyl (C=O) groups is 1. The van der Waals surface area contributed by atoms with Gasteiger partial charge in [-0.15, -0.1) is 0 Å². The highest BCUT2D eigenvalue weighted by atomic mass is 19.1. The number of nitrogens with zero attached hydrogens (tertiary/aromatic N) is 7.